The van der Waals surface area contributed by atoms with Crippen LogP contribution in [-0.4, -0.2) is 31.9 Å². The number of benzene rings is 1. The number of aliphatic hydroxyl groups is 1. The van der Waals surface area contributed by atoms with Crippen molar-refractivity contribution in [1.82, 2.24) is 5.32 Å². The lowest BCUT2D eigenvalue weighted by atomic mass is 10.1. The van der Waals surface area contributed by atoms with Crippen LogP contribution in [0.1, 0.15) is 12.5 Å². The summed E-state index contributed by atoms with van der Waals surface area (Å²) in [4.78, 5) is 1.95. The van der Waals surface area contributed by atoms with E-state index in [1.807, 2.05) is 24.9 Å². The highest BCUT2D eigenvalue weighted by Gasteiger charge is 2.06. The van der Waals surface area contributed by atoms with Gasteiger partial charge in [0.2, 0.25) is 0 Å². The van der Waals surface area contributed by atoms with Crippen LogP contribution in [0, 0.1) is 5.82 Å². The molecule has 90 valence electrons. The highest BCUT2D eigenvalue weighted by Crippen LogP contribution is 2.18. The van der Waals surface area contributed by atoms with Gasteiger partial charge in [0.05, 0.1) is 6.61 Å². The first-order valence-corrected chi connectivity index (χ1v) is 5.51. The summed E-state index contributed by atoms with van der Waals surface area (Å²) in [6.45, 7) is 3.98. The molecule has 0 aliphatic rings. The maximum absolute atomic E-state index is 13.4. The molecule has 2 N–H and O–H groups in total. The molecule has 0 spiro atoms. The zero-order valence-corrected chi connectivity index (χ0v) is 9.83. The number of hydrogen-bond donors (Lipinski definition) is 2. The Balaban J connectivity index is 2.92. The number of likely N-dealkylation sites (N-methyl/N-ethyl adjacent to an activating group) is 1. The van der Waals surface area contributed by atoms with E-state index in [9.17, 15) is 4.39 Å². The molecule has 1 aromatic carbocycles. The van der Waals surface area contributed by atoms with Gasteiger partial charge in [-0.05, 0) is 37.7 Å². The molecule has 1 aromatic rings. The van der Waals surface area contributed by atoms with Gasteiger partial charge in [0, 0.05) is 25.3 Å². The lowest BCUT2D eigenvalue weighted by molar-refractivity contribution is 0.302. The SMILES string of the molecule is CCN(CCO)c1cc(F)cc(CNC)c1. The Hall–Kier alpha value is -1.13. The first-order valence-electron chi connectivity index (χ1n) is 5.51. The molecule has 0 aliphatic carbocycles. The van der Waals surface area contributed by atoms with Crippen LogP contribution in [0.3, 0.4) is 0 Å². The average Bonchev–Trinajstić information content (AvgIpc) is 2.25. The second kappa shape index (κ2) is 6.45. The van der Waals surface area contributed by atoms with Crippen molar-refractivity contribution >= 4 is 5.69 Å². The average molecular weight is 226 g/mol. The van der Waals surface area contributed by atoms with E-state index in [1.165, 1.54) is 12.1 Å². The fourth-order valence-electron chi connectivity index (χ4n) is 1.71. The molecular weight excluding hydrogens is 207 g/mol. The second-order valence-electron chi connectivity index (χ2n) is 3.65. The summed E-state index contributed by atoms with van der Waals surface area (Å²) in [6, 6.07) is 4.96. The maximum atomic E-state index is 13.4. The molecule has 0 aliphatic heterocycles. The van der Waals surface area contributed by atoms with Crippen LogP contribution in [-0.2, 0) is 6.54 Å². The zero-order valence-electron chi connectivity index (χ0n) is 9.83. The summed E-state index contributed by atoms with van der Waals surface area (Å²) in [6.07, 6.45) is 0. The van der Waals surface area contributed by atoms with Gasteiger partial charge in [-0.2, -0.15) is 0 Å². The summed E-state index contributed by atoms with van der Waals surface area (Å²) in [5.74, 6) is -0.237. The number of halogens is 1. The van der Waals surface area contributed by atoms with E-state index in [2.05, 4.69) is 5.32 Å². The minimum atomic E-state index is -0.237. The molecule has 0 saturated heterocycles. The number of hydrogen-bond acceptors (Lipinski definition) is 3. The summed E-state index contributed by atoms with van der Waals surface area (Å²) in [7, 11) is 1.83. The Kier molecular flexibility index (Phi) is 5.22. The zero-order chi connectivity index (χ0) is 12.0. The van der Waals surface area contributed by atoms with Crippen molar-refractivity contribution in [2.75, 3.05) is 31.6 Å². The predicted octanol–water partition coefficient (Wildman–Crippen LogP) is 1.36. The number of anilines is 1. The van der Waals surface area contributed by atoms with Gasteiger partial charge in [0.1, 0.15) is 5.82 Å². The summed E-state index contributed by atoms with van der Waals surface area (Å²) >= 11 is 0. The topological polar surface area (TPSA) is 35.5 Å². The highest BCUT2D eigenvalue weighted by molar-refractivity contribution is 5.49. The van der Waals surface area contributed by atoms with Gasteiger partial charge in [0.15, 0.2) is 0 Å². The molecule has 4 heteroatoms. The molecule has 1 rings (SSSR count). The molecule has 0 radical (unpaired) electrons. The van der Waals surface area contributed by atoms with Gasteiger partial charge >= 0.3 is 0 Å². The van der Waals surface area contributed by atoms with Crippen LogP contribution in [0.15, 0.2) is 18.2 Å². The molecule has 0 unspecified atom stereocenters. The third-order valence-electron chi connectivity index (χ3n) is 2.44. The first kappa shape index (κ1) is 12.9. The fourth-order valence-corrected chi connectivity index (χ4v) is 1.71. The summed E-state index contributed by atoms with van der Waals surface area (Å²) in [5.41, 5.74) is 1.73. The maximum Gasteiger partial charge on any atom is 0.125 e. The van der Waals surface area contributed by atoms with Gasteiger partial charge in [-0.3, -0.25) is 0 Å². The number of aliphatic hydroxyl groups excluding tert-OH is 1. The van der Waals surface area contributed by atoms with E-state index in [4.69, 9.17) is 5.11 Å². The molecule has 0 saturated carbocycles. The molecule has 0 heterocycles. The Morgan fingerprint density at radius 2 is 2.12 bits per heavy atom. The summed E-state index contributed by atoms with van der Waals surface area (Å²) in [5, 5.41) is 11.9. The molecule has 0 aromatic heterocycles. The highest BCUT2D eigenvalue weighted by atomic mass is 19.1. The van der Waals surface area contributed by atoms with Gasteiger partial charge < -0.3 is 15.3 Å². The number of nitrogens with one attached hydrogen (secondary N) is 1. The third kappa shape index (κ3) is 3.47. The predicted molar refractivity (Wildman–Crippen MR) is 64.1 cm³/mol. The standard InChI is InChI=1S/C12H19FN2O/c1-3-15(4-5-16)12-7-10(9-14-2)6-11(13)8-12/h6-8,14,16H,3-5,9H2,1-2H3. The van der Waals surface area contributed by atoms with Crippen LogP contribution >= 0.6 is 0 Å². The van der Waals surface area contributed by atoms with Gasteiger partial charge in [-0.25, -0.2) is 4.39 Å². The first-order chi connectivity index (χ1) is 7.71. The summed E-state index contributed by atoms with van der Waals surface area (Å²) < 4.78 is 13.4. The minimum absolute atomic E-state index is 0.0751. The molecular formula is C12H19FN2O. The Morgan fingerprint density at radius 1 is 1.38 bits per heavy atom. The van der Waals surface area contributed by atoms with Crippen molar-refractivity contribution in [1.29, 1.82) is 0 Å². The van der Waals surface area contributed by atoms with E-state index in [1.54, 1.807) is 0 Å². The van der Waals surface area contributed by atoms with Gasteiger partial charge in [-0.1, -0.05) is 0 Å². The minimum Gasteiger partial charge on any atom is -0.395 e. The smallest absolute Gasteiger partial charge is 0.125 e. The van der Waals surface area contributed by atoms with Crippen molar-refractivity contribution in [2.45, 2.75) is 13.5 Å². The quantitative estimate of drug-likeness (QED) is 0.769. The van der Waals surface area contributed by atoms with Crippen LogP contribution in [0.25, 0.3) is 0 Å². The van der Waals surface area contributed by atoms with Crippen molar-refractivity contribution in [2.24, 2.45) is 0 Å². The van der Waals surface area contributed by atoms with E-state index in [0.29, 0.717) is 13.1 Å². The molecule has 0 bridgehead atoms. The Morgan fingerprint density at radius 3 is 2.69 bits per heavy atom. The van der Waals surface area contributed by atoms with E-state index < -0.39 is 0 Å². The van der Waals surface area contributed by atoms with E-state index >= 15 is 0 Å². The molecule has 0 amide bonds. The Bertz CT molecular complexity index is 331. The van der Waals surface area contributed by atoms with Crippen LogP contribution in [0.5, 0.6) is 0 Å². The molecule has 3 nitrogen and oxygen atoms in total. The van der Waals surface area contributed by atoms with E-state index in [-0.39, 0.29) is 12.4 Å². The largest absolute Gasteiger partial charge is 0.395 e. The van der Waals surface area contributed by atoms with Crippen LogP contribution < -0.4 is 10.2 Å². The fraction of sp³-hybridized carbons (Fsp3) is 0.500. The van der Waals surface area contributed by atoms with Gasteiger partial charge in [-0.15, -0.1) is 0 Å². The van der Waals surface area contributed by atoms with Crippen molar-refractivity contribution in [3.63, 3.8) is 0 Å². The normalized spacial score (nSPS) is 10.5. The lowest BCUT2D eigenvalue weighted by Gasteiger charge is -2.22. The molecule has 0 fully saturated rings. The van der Waals surface area contributed by atoms with Crippen LogP contribution in [0.4, 0.5) is 10.1 Å². The van der Waals surface area contributed by atoms with E-state index in [0.717, 1.165) is 17.8 Å². The van der Waals surface area contributed by atoms with Crippen molar-refractivity contribution in [3.05, 3.63) is 29.6 Å². The third-order valence-corrected chi connectivity index (χ3v) is 2.44. The number of rotatable bonds is 6. The van der Waals surface area contributed by atoms with Crippen molar-refractivity contribution in [3.8, 4) is 0 Å². The second-order valence-corrected chi connectivity index (χ2v) is 3.65. The Labute approximate surface area is 95.9 Å². The molecule has 0 atom stereocenters. The number of nitrogens with zero attached hydrogens (tertiary/aromatic N) is 1. The van der Waals surface area contributed by atoms with Crippen molar-refractivity contribution < 1.29 is 9.50 Å². The van der Waals surface area contributed by atoms with Gasteiger partial charge in [0.25, 0.3) is 0 Å². The molecule has 16 heavy (non-hydrogen) atoms. The van der Waals surface area contributed by atoms with Crippen LogP contribution in [0.2, 0.25) is 0 Å². The lowest BCUT2D eigenvalue weighted by Crippen LogP contribution is -2.26. The monoisotopic (exact) mass is 226 g/mol.